The smallest absolute Gasteiger partial charge is 0.168 e. The third-order valence-electron chi connectivity index (χ3n) is 4.11. The molecule has 1 atom stereocenters. The second kappa shape index (κ2) is 4.04. The van der Waals surface area contributed by atoms with Crippen molar-refractivity contribution in [3.63, 3.8) is 0 Å². The van der Waals surface area contributed by atoms with Crippen LogP contribution in [0.25, 0.3) is 0 Å². The molecule has 2 aliphatic rings. The van der Waals surface area contributed by atoms with Crippen molar-refractivity contribution in [2.45, 2.75) is 45.3 Å². The first-order valence-corrected chi connectivity index (χ1v) is 6.06. The SMILES string of the molecule is CC(C)(CN)C1CCCC2(C1)OCCO2. The van der Waals surface area contributed by atoms with E-state index in [1.807, 2.05) is 0 Å². The zero-order chi connectivity index (χ0) is 10.9. The Morgan fingerprint density at radius 2 is 2.00 bits per heavy atom. The van der Waals surface area contributed by atoms with Crippen molar-refractivity contribution in [2.75, 3.05) is 19.8 Å². The summed E-state index contributed by atoms with van der Waals surface area (Å²) >= 11 is 0. The highest BCUT2D eigenvalue weighted by Gasteiger charge is 2.45. The summed E-state index contributed by atoms with van der Waals surface area (Å²) in [5.74, 6) is 0.379. The predicted molar refractivity (Wildman–Crippen MR) is 59.4 cm³/mol. The van der Waals surface area contributed by atoms with Gasteiger partial charge in [-0.25, -0.2) is 0 Å². The Hall–Kier alpha value is -0.120. The van der Waals surface area contributed by atoms with Crippen LogP contribution in [0.2, 0.25) is 0 Å². The predicted octanol–water partition coefficient (Wildman–Crippen LogP) is 1.90. The van der Waals surface area contributed by atoms with Gasteiger partial charge in [0, 0.05) is 12.8 Å². The average Bonchev–Trinajstić information content (AvgIpc) is 2.66. The van der Waals surface area contributed by atoms with Crippen LogP contribution in [0.1, 0.15) is 39.5 Å². The molecule has 15 heavy (non-hydrogen) atoms. The second-order valence-corrected chi connectivity index (χ2v) is 5.59. The summed E-state index contributed by atoms with van der Waals surface area (Å²) in [6, 6.07) is 0. The molecule has 0 aromatic rings. The number of hydrogen-bond acceptors (Lipinski definition) is 3. The van der Waals surface area contributed by atoms with E-state index in [4.69, 9.17) is 15.2 Å². The van der Waals surface area contributed by atoms with Crippen molar-refractivity contribution >= 4 is 0 Å². The zero-order valence-electron chi connectivity index (χ0n) is 9.92. The van der Waals surface area contributed by atoms with Crippen molar-refractivity contribution in [1.29, 1.82) is 0 Å². The number of hydrogen-bond donors (Lipinski definition) is 1. The molecule has 3 nitrogen and oxygen atoms in total. The van der Waals surface area contributed by atoms with Crippen molar-refractivity contribution in [2.24, 2.45) is 17.1 Å². The summed E-state index contributed by atoms with van der Waals surface area (Å²) < 4.78 is 11.6. The van der Waals surface area contributed by atoms with Gasteiger partial charge in [-0.2, -0.15) is 0 Å². The number of ether oxygens (including phenoxy) is 2. The molecule has 2 rings (SSSR count). The summed E-state index contributed by atoms with van der Waals surface area (Å²) in [6.45, 7) is 6.77. The summed E-state index contributed by atoms with van der Waals surface area (Å²) in [5.41, 5.74) is 6.05. The van der Waals surface area contributed by atoms with Crippen molar-refractivity contribution < 1.29 is 9.47 Å². The molecular weight excluding hydrogens is 190 g/mol. The quantitative estimate of drug-likeness (QED) is 0.762. The van der Waals surface area contributed by atoms with Gasteiger partial charge in [-0.1, -0.05) is 13.8 Å². The lowest BCUT2D eigenvalue weighted by Gasteiger charge is -2.43. The molecule has 1 spiro atoms. The van der Waals surface area contributed by atoms with Gasteiger partial charge >= 0.3 is 0 Å². The van der Waals surface area contributed by atoms with Crippen LogP contribution >= 0.6 is 0 Å². The summed E-state index contributed by atoms with van der Waals surface area (Å²) in [6.07, 6.45) is 4.55. The average molecular weight is 213 g/mol. The largest absolute Gasteiger partial charge is 0.348 e. The molecule has 1 aliphatic heterocycles. The minimum atomic E-state index is -0.255. The molecule has 2 N–H and O–H groups in total. The van der Waals surface area contributed by atoms with Gasteiger partial charge in [0.05, 0.1) is 13.2 Å². The maximum absolute atomic E-state index is 5.84. The van der Waals surface area contributed by atoms with E-state index in [2.05, 4.69) is 13.8 Å². The van der Waals surface area contributed by atoms with E-state index in [9.17, 15) is 0 Å². The highest BCUT2D eigenvalue weighted by atomic mass is 16.7. The first-order chi connectivity index (χ1) is 7.08. The molecule has 0 amide bonds. The molecule has 0 radical (unpaired) electrons. The third kappa shape index (κ3) is 2.19. The van der Waals surface area contributed by atoms with E-state index in [0.29, 0.717) is 5.92 Å². The molecule has 1 unspecified atom stereocenters. The van der Waals surface area contributed by atoms with Crippen LogP contribution in [0.15, 0.2) is 0 Å². The molecule has 1 saturated carbocycles. The number of rotatable bonds is 2. The summed E-state index contributed by atoms with van der Waals surface area (Å²) in [7, 11) is 0. The van der Waals surface area contributed by atoms with Gasteiger partial charge in [-0.15, -0.1) is 0 Å². The molecule has 1 saturated heterocycles. The molecule has 0 bridgehead atoms. The molecule has 0 aromatic carbocycles. The van der Waals surface area contributed by atoms with Gasteiger partial charge < -0.3 is 15.2 Å². The lowest BCUT2D eigenvalue weighted by atomic mass is 9.69. The Morgan fingerprint density at radius 3 is 2.60 bits per heavy atom. The molecule has 0 aromatic heterocycles. The Morgan fingerprint density at radius 1 is 1.33 bits per heavy atom. The summed E-state index contributed by atoms with van der Waals surface area (Å²) in [5, 5.41) is 0. The minimum Gasteiger partial charge on any atom is -0.348 e. The number of nitrogens with two attached hydrogens (primary N) is 1. The van der Waals surface area contributed by atoms with E-state index in [1.54, 1.807) is 0 Å². The molecular formula is C12H23NO2. The lowest BCUT2D eigenvalue weighted by molar-refractivity contribution is -0.194. The van der Waals surface area contributed by atoms with Crippen LogP contribution in [0.3, 0.4) is 0 Å². The monoisotopic (exact) mass is 213 g/mol. The van der Waals surface area contributed by atoms with Gasteiger partial charge in [0.15, 0.2) is 5.79 Å². The molecule has 88 valence electrons. The third-order valence-corrected chi connectivity index (χ3v) is 4.11. The van der Waals surface area contributed by atoms with Crippen LogP contribution in [0.4, 0.5) is 0 Å². The van der Waals surface area contributed by atoms with Crippen LogP contribution < -0.4 is 5.73 Å². The van der Waals surface area contributed by atoms with Crippen molar-refractivity contribution in [3.8, 4) is 0 Å². The van der Waals surface area contributed by atoms with Crippen LogP contribution in [0.5, 0.6) is 0 Å². The second-order valence-electron chi connectivity index (χ2n) is 5.59. The van der Waals surface area contributed by atoms with Crippen molar-refractivity contribution in [3.05, 3.63) is 0 Å². The fraction of sp³-hybridized carbons (Fsp3) is 1.00. The Bertz CT molecular complexity index is 222. The molecule has 2 fully saturated rings. The van der Waals surface area contributed by atoms with E-state index in [1.165, 1.54) is 12.8 Å². The molecule has 1 heterocycles. The minimum absolute atomic E-state index is 0.211. The van der Waals surface area contributed by atoms with Gasteiger partial charge in [-0.3, -0.25) is 0 Å². The Kier molecular flexibility index (Phi) is 3.06. The summed E-state index contributed by atoms with van der Waals surface area (Å²) in [4.78, 5) is 0. The Labute approximate surface area is 92.3 Å². The topological polar surface area (TPSA) is 44.5 Å². The standard InChI is InChI=1S/C12H23NO2/c1-11(2,9-13)10-4-3-5-12(8-10)14-6-7-15-12/h10H,3-9,13H2,1-2H3. The van der Waals surface area contributed by atoms with E-state index >= 15 is 0 Å². The van der Waals surface area contributed by atoms with Crippen LogP contribution in [-0.4, -0.2) is 25.5 Å². The fourth-order valence-electron chi connectivity index (χ4n) is 2.79. The molecule has 3 heteroatoms. The molecule has 1 aliphatic carbocycles. The maximum Gasteiger partial charge on any atom is 0.168 e. The van der Waals surface area contributed by atoms with Gasteiger partial charge in [-0.05, 0) is 30.7 Å². The lowest BCUT2D eigenvalue weighted by Crippen LogP contribution is -2.43. The normalized spacial score (nSPS) is 31.0. The highest BCUT2D eigenvalue weighted by molar-refractivity contribution is 4.90. The van der Waals surface area contributed by atoms with Crippen molar-refractivity contribution in [1.82, 2.24) is 0 Å². The van der Waals surface area contributed by atoms with Gasteiger partial charge in [0.2, 0.25) is 0 Å². The van der Waals surface area contributed by atoms with Crippen LogP contribution in [-0.2, 0) is 9.47 Å². The first kappa shape index (κ1) is 11.4. The van der Waals surface area contributed by atoms with Gasteiger partial charge in [0.1, 0.15) is 0 Å². The van der Waals surface area contributed by atoms with Crippen LogP contribution in [0, 0.1) is 11.3 Å². The van der Waals surface area contributed by atoms with E-state index in [-0.39, 0.29) is 11.2 Å². The van der Waals surface area contributed by atoms with E-state index in [0.717, 1.165) is 32.6 Å². The Balaban J connectivity index is 2.03. The highest BCUT2D eigenvalue weighted by Crippen LogP contribution is 2.45. The van der Waals surface area contributed by atoms with E-state index < -0.39 is 0 Å². The first-order valence-electron chi connectivity index (χ1n) is 6.06. The maximum atomic E-state index is 5.84. The van der Waals surface area contributed by atoms with Gasteiger partial charge in [0.25, 0.3) is 0 Å². The fourth-order valence-corrected chi connectivity index (χ4v) is 2.79. The zero-order valence-corrected chi connectivity index (χ0v) is 9.92.